The Balaban J connectivity index is 1.47. The molecular weight excluding hydrogens is 364 g/mol. The van der Waals surface area contributed by atoms with Crippen LogP contribution in [0, 0.1) is 42.4 Å². The normalized spacial score (nSPS) is 35.3. The van der Waals surface area contributed by atoms with Crippen LogP contribution in [0.15, 0.2) is 30.4 Å². The highest BCUT2D eigenvalue weighted by molar-refractivity contribution is 6.31. The molecule has 2 bridgehead atoms. The molecule has 3 amide bonds. The van der Waals surface area contributed by atoms with Crippen LogP contribution in [0.25, 0.3) is 0 Å². The van der Waals surface area contributed by atoms with Crippen molar-refractivity contribution in [1.82, 2.24) is 4.90 Å². The number of halogens is 1. The summed E-state index contributed by atoms with van der Waals surface area (Å²) in [6, 6.07) is 5.32. The van der Waals surface area contributed by atoms with E-state index in [1.165, 1.54) is 16.7 Å². The summed E-state index contributed by atoms with van der Waals surface area (Å²) in [7, 11) is 0. The third-order valence-electron chi connectivity index (χ3n) is 6.95. The predicted molar refractivity (Wildman–Crippen MR) is 101 cm³/mol. The second kappa shape index (κ2) is 5.68. The zero-order valence-electron chi connectivity index (χ0n) is 15.3. The van der Waals surface area contributed by atoms with Crippen molar-refractivity contribution in [3.8, 4) is 0 Å². The fraction of sp³-hybridized carbons (Fsp3) is 0.476. The lowest BCUT2D eigenvalue weighted by Crippen LogP contribution is -2.44. The molecule has 1 aromatic carbocycles. The maximum Gasteiger partial charge on any atom is 0.235 e. The smallest absolute Gasteiger partial charge is 0.235 e. The maximum absolute atomic E-state index is 13.2. The van der Waals surface area contributed by atoms with E-state index in [0.29, 0.717) is 22.5 Å². The van der Waals surface area contributed by atoms with E-state index < -0.39 is 0 Å². The largest absolute Gasteiger partial charge is 0.294 e. The van der Waals surface area contributed by atoms with Gasteiger partial charge in [-0.05, 0) is 54.7 Å². The fourth-order valence-corrected chi connectivity index (χ4v) is 5.70. The van der Waals surface area contributed by atoms with Gasteiger partial charge in [0.2, 0.25) is 17.7 Å². The standard InChI is InChI=1S/C21H21ClN2O3/c1-10-16(22)4-3-5-17(10)23(11(2)25)9-24-20(26)18-12-6-7-13(15-8-14(12)15)19(18)21(24)27/h3-7,12-15,18-19H,8-9H2,1-2H3/t12-,13-,14-,15-,18-,19+/m0/s1. The Morgan fingerprint density at radius 2 is 1.74 bits per heavy atom. The molecule has 1 heterocycles. The number of anilines is 1. The highest BCUT2D eigenvalue weighted by Gasteiger charge is 2.67. The van der Waals surface area contributed by atoms with Gasteiger partial charge >= 0.3 is 0 Å². The summed E-state index contributed by atoms with van der Waals surface area (Å²) in [5.41, 5.74) is 1.39. The summed E-state index contributed by atoms with van der Waals surface area (Å²) >= 11 is 6.21. The van der Waals surface area contributed by atoms with Crippen LogP contribution in [0.1, 0.15) is 18.9 Å². The molecule has 140 valence electrons. The van der Waals surface area contributed by atoms with E-state index in [0.717, 1.165) is 12.0 Å². The highest BCUT2D eigenvalue weighted by Crippen LogP contribution is 2.65. The molecule has 2 saturated carbocycles. The second-order valence-corrected chi connectivity index (χ2v) is 8.64. The van der Waals surface area contributed by atoms with E-state index in [1.807, 2.05) is 6.92 Å². The van der Waals surface area contributed by atoms with E-state index in [-0.39, 0.29) is 48.1 Å². The van der Waals surface area contributed by atoms with Gasteiger partial charge in [0.25, 0.3) is 0 Å². The summed E-state index contributed by atoms with van der Waals surface area (Å²) in [5, 5.41) is 0.550. The number of allylic oxidation sites excluding steroid dienone is 2. The Morgan fingerprint density at radius 3 is 2.30 bits per heavy atom. The van der Waals surface area contributed by atoms with Gasteiger partial charge in [-0.1, -0.05) is 29.8 Å². The number of carbonyl (C=O) groups is 3. The number of imide groups is 1. The van der Waals surface area contributed by atoms with Crippen molar-refractivity contribution in [3.63, 3.8) is 0 Å². The first-order chi connectivity index (χ1) is 12.9. The van der Waals surface area contributed by atoms with Crippen molar-refractivity contribution < 1.29 is 14.4 Å². The number of nitrogens with zero attached hydrogens (tertiary/aromatic N) is 2. The average molecular weight is 385 g/mol. The van der Waals surface area contributed by atoms with Gasteiger partial charge in [0, 0.05) is 17.6 Å². The summed E-state index contributed by atoms with van der Waals surface area (Å²) in [6.07, 6.45) is 5.44. The summed E-state index contributed by atoms with van der Waals surface area (Å²) in [6.45, 7) is 3.23. The molecule has 5 aliphatic rings. The lowest BCUT2D eigenvalue weighted by Gasteiger charge is -2.37. The van der Waals surface area contributed by atoms with Gasteiger partial charge in [-0.15, -0.1) is 0 Å². The van der Waals surface area contributed by atoms with Crippen molar-refractivity contribution in [1.29, 1.82) is 0 Å². The number of likely N-dealkylation sites (tertiary alicyclic amines) is 1. The van der Waals surface area contributed by atoms with Crippen molar-refractivity contribution in [2.75, 3.05) is 11.6 Å². The van der Waals surface area contributed by atoms with E-state index in [1.54, 1.807) is 18.2 Å². The molecule has 0 radical (unpaired) electrons. The first-order valence-corrected chi connectivity index (χ1v) is 9.84. The first kappa shape index (κ1) is 17.0. The Bertz CT molecular complexity index is 875. The average Bonchev–Trinajstić information content (AvgIpc) is 3.42. The lowest BCUT2D eigenvalue weighted by atomic mass is 9.63. The van der Waals surface area contributed by atoms with Crippen molar-refractivity contribution >= 4 is 35.0 Å². The Hall–Kier alpha value is -2.14. The SMILES string of the molecule is CC(=O)N(CN1C(=O)[C@@H]2[C@H]3C=C[C@@H]([C@@H]4C[C@@H]34)[C@@H]2C1=O)c1cccc(Cl)c1C. The summed E-state index contributed by atoms with van der Waals surface area (Å²) < 4.78 is 0. The molecule has 27 heavy (non-hydrogen) atoms. The van der Waals surface area contributed by atoms with Gasteiger partial charge in [0.05, 0.1) is 11.8 Å². The van der Waals surface area contributed by atoms with Crippen LogP contribution >= 0.6 is 11.6 Å². The van der Waals surface area contributed by atoms with Crippen molar-refractivity contribution in [2.45, 2.75) is 20.3 Å². The molecule has 6 rings (SSSR count). The third kappa shape index (κ3) is 2.27. The van der Waals surface area contributed by atoms with E-state index in [9.17, 15) is 14.4 Å². The van der Waals surface area contributed by atoms with Crippen LogP contribution in [-0.2, 0) is 14.4 Å². The molecule has 0 unspecified atom stereocenters. The quantitative estimate of drug-likeness (QED) is 0.594. The lowest BCUT2D eigenvalue weighted by molar-refractivity contribution is -0.140. The molecule has 5 nitrogen and oxygen atoms in total. The number of amides is 3. The number of hydrogen-bond acceptors (Lipinski definition) is 3. The molecule has 6 atom stereocenters. The molecule has 1 saturated heterocycles. The van der Waals surface area contributed by atoms with Gasteiger partial charge in [-0.3, -0.25) is 24.2 Å². The van der Waals surface area contributed by atoms with E-state index >= 15 is 0 Å². The van der Waals surface area contributed by atoms with Crippen LogP contribution in [0.5, 0.6) is 0 Å². The predicted octanol–water partition coefficient (Wildman–Crippen LogP) is 3.01. The number of rotatable bonds is 3. The molecule has 3 fully saturated rings. The molecule has 1 aromatic rings. The molecule has 4 aliphatic carbocycles. The zero-order valence-corrected chi connectivity index (χ0v) is 16.0. The van der Waals surface area contributed by atoms with Crippen molar-refractivity contribution in [2.24, 2.45) is 35.5 Å². The Labute approximate surface area is 163 Å². The summed E-state index contributed by atoms with van der Waals surface area (Å²) in [4.78, 5) is 41.4. The van der Waals surface area contributed by atoms with Crippen LogP contribution in [0.4, 0.5) is 5.69 Å². The van der Waals surface area contributed by atoms with E-state index in [4.69, 9.17) is 11.6 Å². The minimum absolute atomic E-state index is 0.0457. The minimum atomic E-state index is -0.245. The highest BCUT2D eigenvalue weighted by atomic mass is 35.5. The van der Waals surface area contributed by atoms with Crippen LogP contribution in [0.2, 0.25) is 5.02 Å². The maximum atomic E-state index is 13.2. The van der Waals surface area contributed by atoms with Crippen molar-refractivity contribution in [3.05, 3.63) is 40.9 Å². The van der Waals surface area contributed by atoms with Gasteiger partial charge in [0.1, 0.15) is 6.67 Å². The van der Waals surface area contributed by atoms with Crippen LogP contribution < -0.4 is 4.90 Å². The van der Waals surface area contributed by atoms with E-state index in [2.05, 4.69) is 12.2 Å². The van der Waals surface area contributed by atoms with Gasteiger partial charge in [-0.25, -0.2) is 0 Å². The first-order valence-electron chi connectivity index (χ1n) is 9.47. The van der Waals surface area contributed by atoms with Gasteiger partial charge in [-0.2, -0.15) is 0 Å². The van der Waals surface area contributed by atoms with Crippen LogP contribution in [0.3, 0.4) is 0 Å². The molecular formula is C21H21ClN2O3. The Morgan fingerprint density at radius 1 is 1.15 bits per heavy atom. The fourth-order valence-electron chi connectivity index (χ4n) is 5.53. The van der Waals surface area contributed by atoms with Gasteiger partial charge < -0.3 is 0 Å². The molecule has 1 aliphatic heterocycles. The second-order valence-electron chi connectivity index (χ2n) is 8.23. The molecule has 0 spiro atoms. The molecule has 6 heteroatoms. The zero-order chi connectivity index (χ0) is 19.0. The summed E-state index contributed by atoms with van der Waals surface area (Å²) in [5.74, 6) is 0.543. The molecule has 0 aromatic heterocycles. The Kier molecular flexibility index (Phi) is 3.57. The van der Waals surface area contributed by atoms with Gasteiger partial charge in [0.15, 0.2) is 0 Å². The monoisotopic (exact) mass is 384 g/mol. The number of hydrogen-bond donors (Lipinski definition) is 0. The number of carbonyl (C=O) groups excluding carboxylic acids is 3. The van der Waals surface area contributed by atoms with Crippen LogP contribution in [-0.4, -0.2) is 29.3 Å². The number of benzene rings is 1. The third-order valence-corrected chi connectivity index (χ3v) is 7.36. The topological polar surface area (TPSA) is 57.7 Å². The molecule has 0 N–H and O–H groups in total. The minimum Gasteiger partial charge on any atom is -0.294 e.